The zero-order valence-corrected chi connectivity index (χ0v) is 19.1. The first-order valence-corrected chi connectivity index (χ1v) is 9.45. The van der Waals surface area contributed by atoms with Gasteiger partial charge in [0.1, 0.15) is 5.75 Å². The number of halogens is 6. The first kappa shape index (κ1) is 26.6. The number of nitrogens with one attached hydrogen (secondary N) is 1. The van der Waals surface area contributed by atoms with Crippen LogP contribution in [0.3, 0.4) is 0 Å². The van der Waals surface area contributed by atoms with Crippen molar-refractivity contribution >= 4 is 40.7 Å². The molecule has 3 rings (SSSR count). The second-order valence-electron chi connectivity index (χ2n) is 6.32. The monoisotopic (exact) mass is 532 g/mol. The van der Waals surface area contributed by atoms with Gasteiger partial charge in [-0.05, 0) is 29.8 Å². The number of hydrogen-bond acceptors (Lipinski definition) is 5. The van der Waals surface area contributed by atoms with Gasteiger partial charge in [0.25, 0.3) is 0 Å². The van der Waals surface area contributed by atoms with Gasteiger partial charge in [-0.2, -0.15) is 0 Å². The topological polar surface area (TPSA) is 54.0 Å². The van der Waals surface area contributed by atoms with Gasteiger partial charge in [0, 0.05) is 36.2 Å². The molecule has 30 heavy (non-hydrogen) atoms. The van der Waals surface area contributed by atoms with Gasteiger partial charge in [-0.1, -0.05) is 28.1 Å². The summed E-state index contributed by atoms with van der Waals surface area (Å²) >= 11 is 3.50. The molecule has 2 aromatic rings. The molecule has 2 N–H and O–H groups in total. The molecule has 1 aliphatic rings. The Hall–Kier alpha value is -1.39. The second-order valence-corrected chi connectivity index (χ2v) is 7.17. The van der Waals surface area contributed by atoms with E-state index in [1.54, 1.807) is 24.3 Å². The SMILES string of the molecule is COc1ccc(Br)c([C@@H](c2ccc(OC(F)(F)F)cc2)N2CCNCC2)c1O.Cl.Cl. The fourth-order valence-electron chi connectivity index (χ4n) is 3.34. The van der Waals surface area contributed by atoms with Gasteiger partial charge >= 0.3 is 6.36 Å². The third kappa shape index (κ3) is 6.31. The van der Waals surface area contributed by atoms with E-state index in [1.165, 1.54) is 19.2 Å². The first-order valence-electron chi connectivity index (χ1n) is 8.66. The third-order valence-corrected chi connectivity index (χ3v) is 5.26. The highest BCUT2D eigenvalue weighted by molar-refractivity contribution is 9.10. The molecular weight excluding hydrogens is 512 g/mol. The number of ether oxygens (including phenoxy) is 2. The minimum atomic E-state index is -4.74. The van der Waals surface area contributed by atoms with Gasteiger partial charge in [0.05, 0.1) is 13.2 Å². The Labute approximate surface area is 193 Å². The van der Waals surface area contributed by atoms with Gasteiger partial charge < -0.3 is 19.9 Å². The molecule has 11 heteroatoms. The van der Waals surface area contributed by atoms with E-state index >= 15 is 0 Å². The van der Waals surface area contributed by atoms with Crippen LogP contribution in [0.2, 0.25) is 0 Å². The number of hydrogen-bond donors (Lipinski definition) is 2. The lowest BCUT2D eigenvalue weighted by atomic mass is 9.95. The molecule has 0 bridgehead atoms. The molecule has 0 aliphatic carbocycles. The van der Waals surface area contributed by atoms with E-state index in [-0.39, 0.29) is 42.4 Å². The molecule has 5 nitrogen and oxygen atoms in total. The second kappa shape index (κ2) is 11.3. The van der Waals surface area contributed by atoms with E-state index in [9.17, 15) is 18.3 Å². The molecule has 0 radical (unpaired) electrons. The van der Waals surface area contributed by atoms with Crippen LogP contribution in [-0.4, -0.2) is 49.7 Å². The highest BCUT2D eigenvalue weighted by Gasteiger charge is 2.32. The lowest BCUT2D eigenvalue weighted by molar-refractivity contribution is -0.274. The molecule has 1 fully saturated rings. The average Bonchev–Trinajstić information content (AvgIpc) is 2.66. The van der Waals surface area contributed by atoms with Gasteiger partial charge in [0.15, 0.2) is 11.5 Å². The number of rotatable bonds is 5. The van der Waals surface area contributed by atoms with Crippen molar-refractivity contribution in [1.29, 1.82) is 0 Å². The standard InChI is InChI=1S/C19H20BrF3N2O3.2ClH/c1-27-15-7-6-14(20)16(18(15)26)17(25-10-8-24-9-11-25)12-2-4-13(5-3-12)28-19(21,22)23;;/h2-7,17,24,26H,8-11H2,1H3;2*1H/t17-;;/m1../s1. The summed E-state index contributed by atoms with van der Waals surface area (Å²) in [5.41, 5.74) is 1.34. The van der Waals surface area contributed by atoms with Crippen LogP contribution in [0.25, 0.3) is 0 Å². The Balaban J connectivity index is 0.00000225. The third-order valence-electron chi connectivity index (χ3n) is 4.57. The van der Waals surface area contributed by atoms with Gasteiger partial charge in [-0.3, -0.25) is 4.90 Å². The fourth-order valence-corrected chi connectivity index (χ4v) is 3.88. The normalized spacial score (nSPS) is 15.5. The van der Waals surface area contributed by atoms with Crippen molar-refractivity contribution < 1.29 is 27.8 Å². The zero-order chi connectivity index (χ0) is 20.3. The van der Waals surface area contributed by atoms with E-state index in [1.807, 2.05) is 0 Å². The molecule has 0 spiro atoms. The molecule has 0 aromatic heterocycles. The number of aromatic hydroxyl groups is 1. The van der Waals surface area contributed by atoms with Gasteiger partial charge in [-0.25, -0.2) is 0 Å². The maximum atomic E-state index is 12.5. The van der Waals surface area contributed by atoms with Crippen molar-refractivity contribution in [2.45, 2.75) is 12.4 Å². The maximum Gasteiger partial charge on any atom is 0.573 e. The van der Waals surface area contributed by atoms with Crippen LogP contribution in [0.15, 0.2) is 40.9 Å². The highest BCUT2D eigenvalue weighted by Crippen LogP contribution is 2.44. The Morgan fingerprint density at radius 3 is 2.20 bits per heavy atom. The van der Waals surface area contributed by atoms with E-state index in [4.69, 9.17) is 4.74 Å². The quantitative estimate of drug-likeness (QED) is 0.572. The van der Waals surface area contributed by atoms with E-state index in [0.717, 1.165) is 18.7 Å². The van der Waals surface area contributed by atoms with Crippen molar-refractivity contribution in [2.24, 2.45) is 0 Å². The number of piperazine rings is 1. The largest absolute Gasteiger partial charge is 0.573 e. The van der Waals surface area contributed by atoms with Crippen molar-refractivity contribution in [2.75, 3.05) is 33.3 Å². The number of phenolic OH excluding ortho intramolecular Hbond substituents is 1. The van der Waals surface area contributed by atoms with Crippen LogP contribution in [0.5, 0.6) is 17.2 Å². The van der Waals surface area contributed by atoms with Gasteiger partial charge in [0.2, 0.25) is 0 Å². The molecule has 2 aromatic carbocycles. The molecular formula is C19H22BrCl2F3N2O3. The minimum absolute atomic E-state index is 0. The van der Waals surface area contributed by atoms with Crippen molar-refractivity contribution in [3.8, 4) is 17.2 Å². The predicted octanol–water partition coefficient (Wildman–Crippen LogP) is 4.90. The van der Waals surface area contributed by atoms with Gasteiger partial charge in [-0.15, -0.1) is 38.0 Å². The summed E-state index contributed by atoms with van der Waals surface area (Å²) in [6, 6.07) is 8.79. The lowest BCUT2D eigenvalue weighted by Crippen LogP contribution is -2.45. The number of alkyl halides is 3. The number of phenols is 1. The summed E-state index contributed by atoms with van der Waals surface area (Å²) in [5, 5.41) is 14.0. The summed E-state index contributed by atoms with van der Waals surface area (Å²) in [4.78, 5) is 2.16. The van der Waals surface area contributed by atoms with E-state index in [0.29, 0.717) is 28.9 Å². The molecule has 168 valence electrons. The van der Waals surface area contributed by atoms with Crippen LogP contribution < -0.4 is 14.8 Å². The maximum absolute atomic E-state index is 12.5. The average molecular weight is 534 g/mol. The van der Waals surface area contributed by atoms with Crippen molar-refractivity contribution in [1.82, 2.24) is 10.2 Å². The summed E-state index contributed by atoms with van der Waals surface area (Å²) < 4.78 is 47.3. The Morgan fingerprint density at radius 2 is 1.67 bits per heavy atom. The molecule has 1 saturated heterocycles. The molecule has 0 amide bonds. The lowest BCUT2D eigenvalue weighted by Gasteiger charge is -2.36. The fraction of sp³-hybridized carbons (Fsp3) is 0.368. The zero-order valence-electron chi connectivity index (χ0n) is 15.9. The summed E-state index contributed by atoms with van der Waals surface area (Å²) in [6.45, 7) is 2.98. The van der Waals surface area contributed by atoms with E-state index < -0.39 is 6.36 Å². The molecule has 1 aliphatic heterocycles. The number of methoxy groups -OCH3 is 1. The van der Waals surface area contributed by atoms with Crippen molar-refractivity contribution in [3.63, 3.8) is 0 Å². The van der Waals surface area contributed by atoms with Crippen molar-refractivity contribution in [3.05, 3.63) is 52.0 Å². The Kier molecular flexibility index (Phi) is 10.0. The highest BCUT2D eigenvalue weighted by atomic mass is 79.9. The van der Waals surface area contributed by atoms with E-state index in [2.05, 4.69) is 30.9 Å². The summed E-state index contributed by atoms with van der Waals surface area (Å²) in [7, 11) is 1.47. The molecule has 1 atom stereocenters. The van der Waals surface area contributed by atoms with Crippen LogP contribution in [0.1, 0.15) is 17.2 Å². The van der Waals surface area contributed by atoms with Crippen LogP contribution in [-0.2, 0) is 0 Å². The minimum Gasteiger partial charge on any atom is -0.504 e. The smallest absolute Gasteiger partial charge is 0.504 e. The number of benzene rings is 2. The number of nitrogens with zero attached hydrogens (tertiary/aromatic N) is 1. The molecule has 0 unspecified atom stereocenters. The van der Waals surface area contributed by atoms with Crippen LogP contribution in [0.4, 0.5) is 13.2 Å². The van der Waals surface area contributed by atoms with Crippen LogP contribution in [0, 0.1) is 0 Å². The Morgan fingerprint density at radius 1 is 1.07 bits per heavy atom. The predicted molar refractivity (Wildman–Crippen MR) is 116 cm³/mol. The summed E-state index contributed by atoms with van der Waals surface area (Å²) in [6.07, 6.45) is -4.74. The van der Waals surface area contributed by atoms with Crippen LogP contribution >= 0.6 is 40.7 Å². The molecule has 1 heterocycles. The Bertz CT molecular complexity index is 820. The first-order chi connectivity index (χ1) is 13.3. The molecule has 0 saturated carbocycles. The summed E-state index contributed by atoms with van der Waals surface area (Å²) in [5.74, 6) is 0.0376.